The first kappa shape index (κ1) is 15.8. The van der Waals surface area contributed by atoms with Gasteiger partial charge in [-0.05, 0) is 23.3 Å². The van der Waals surface area contributed by atoms with Crippen molar-refractivity contribution in [1.29, 1.82) is 0 Å². The Morgan fingerprint density at radius 1 is 1.19 bits per heavy atom. The van der Waals surface area contributed by atoms with E-state index in [1.165, 1.54) is 5.56 Å². The quantitative estimate of drug-likeness (QED) is 0.878. The second-order valence-corrected chi connectivity index (χ2v) is 5.89. The number of rotatable bonds is 6. The molecule has 0 aliphatic rings. The van der Waals surface area contributed by atoms with Crippen molar-refractivity contribution in [2.45, 2.75) is 33.0 Å². The Kier molecular flexibility index (Phi) is 5.59. The van der Waals surface area contributed by atoms with Gasteiger partial charge >= 0.3 is 0 Å². The number of nitrogens with zero attached hydrogens (tertiary/aromatic N) is 2. The number of anilines is 1. The minimum atomic E-state index is 0.458. The minimum Gasteiger partial charge on any atom is -0.369 e. The van der Waals surface area contributed by atoms with Gasteiger partial charge in [0.2, 0.25) is 0 Å². The number of halogens is 1. The van der Waals surface area contributed by atoms with Crippen LogP contribution in [0.15, 0.2) is 42.7 Å². The van der Waals surface area contributed by atoms with Gasteiger partial charge in [-0.1, -0.05) is 43.6 Å². The van der Waals surface area contributed by atoms with E-state index in [1.807, 2.05) is 30.6 Å². The summed E-state index contributed by atoms with van der Waals surface area (Å²) in [5.41, 5.74) is 3.49. The summed E-state index contributed by atoms with van der Waals surface area (Å²) < 4.78 is 0. The molecule has 0 saturated heterocycles. The third-order valence-corrected chi connectivity index (χ3v) is 3.73. The van der Waals surface area contributed by atoms with E-state index < -0.39 is 0 Å². The van der Waals surface area contributed by atoms with Gasteiger partial charge in [0, 0.05) is 37.4 Å². The zero-order valence-corrected chi connectivity index (χ0v) is 13.6. The summed E-state index contributed by atoms with van der Waals surface area (Å²) in [6.07, 6.45) is 3.75. The van der Waals surface area contributed by atoms with Crippen molar-refractivity contribution in [2.75, 3.05) is 11.9 Å². The number of hydrogen-bond donors (Lipinski definition) is 1. The Labute approximate surface area is 132 Å². The van der Waals surface area contributed by atoms with Gasteiger partial charge in [-0.3, -0.25) is 4.98 Å². The Bertz CT molecular complexity index is 584. The van der Waals surface area contributed by atoms with Crippen LogP contribution in [0.2, 0.25) is 5.02 Å². The Morgan fingerprint density at radius 3 is 2.67 bits per heavy atom. The molecule has 0 aliphatic carbocycles. The minimum absolute atomic E-state index is 0.458. The van der Waals surface area contributed by atoms with Gasteiger partial charge in [-0.15, -0.1) is 0 Å². The predicted molar refractivity (Wildman–Crippen MR) is 89.8 cm³/mol. The number of benzene rings is 1. The third-order valence-electron chi connectivity index (χ3n) is 3.36. The molecule has 21 heavy (non-hydrogen) atoms. The lowest BCUT2D eigenvalue weighted by atomic mass is 10.1. The molecule has 0 amide bonds. The van der Waals surface area contributed by atoms with Gasteiger partial charge in [0.15, 0.2) is 0 Å². The lowest BCUT2D eigenvalue weighted by molar-refractivity contribution is 0.588. The normalized spacial score (nSPS) is 10.9. The Hall–Kier alpha value is -1.58. The molecule has 0 spiro atoms. The van der Waals surface area contributed by atoms with E-state index in [-0.39, 0.29) is 0 Å². The summed E-state index contributed by atoms with van der Waals surface area (Å²) in [5.74, 6) is 0. The van der Waals surface area contributed by atoms with E-state index in [4.69, 9.17) is 11.6 Å². The van der Waals surface area contributed by atoms with Crippen molar-refractivity contribution in [3.8, 4) is 0 Å². The van der Waals surface area contributed by atoms with Crippen LogP contribution in [0.1, 0.15) is 25.0 Å². The maximum Gasteiger partial charge on any atom is 0.0598 e. The molecule has 0 bridgehead atoms. The topological polar surface area (TPSA) is 28.2 Å². The highest BCUT2D eigenvalue weighted by Gasteiger charge is 2.10. The lowest BCUT2D eigenvalue weighted by Gasteiger charge is -2.23. The molecule has 0 unspecified atom stereocenters. The predicted octanol–water partition coefficient (Wildman–Crippen LogP) is 3.87. The number of nitrogens with one attached hydrogen (secondary N) is 1. The zero-order valence-electron chi connectivity index (χ0n) is 12.8. The third kappa shape index (κ3) is 4.45. The average molecular weight is 304 g/mol. The zero-order chi connectivity index (χ0) is 15.2. The molecule has 0 fully saturated rings. The lowest BCUT2D eigenvalue weighted by Crippen LogP contribution is -2.24. The van der Waals surface area contributed by atoms with E-state index >= 15 is 0 Å². The monoisotopic (exact) mass is 303 g/mol. The number of aromatic nitrogens is 1. The summed E-state index contributed by atoms with van der Waals surface area (Å²) in [6, 6.07) is 10.5. The fraction of sp³-hybridized carbons (Fsp3) is 0.353. The SMILES string of the molecule is CC(C)NCc1ccncc1N(C)Cc1ccccc1Cl. The van der Waals surface area contributed by atoms with E-state index in [1.54, 1.807) is 0 Å². The van der Waals surface area contributed by atoms with Crippen LogP contribution in [0.5, 0.6) is 0 Å². The molecular formula is C17H22ClN3. The van der Waals surface area contributed by atoms with Crippen LogP contribution in [-0.4, -0.2) is 18.1 Å². The van der Waals surface area contributed by atoms with Gasteiger partial charge in [-0.25, -0.2) is 0 Å². The molecule has 3 nitrogen and oxygen atoms in total. The molecule has 1 aromatic heterocycles. The van der Waals surface area contributed by atoms with Gasteiger partial charge in [-0.2, -0.15) is 0 Å². The maximum atomic E-state index is 6.24. The molecule has 0 atom stereocenters. The van der Waals surface area contributed by atoms with E-state index in [0.29, 0.717) is 6.04 Å². The molecule has 2 rings (SSSR count). The summed E-state index contributed by atoms with van der Waals surface area (Å²) in [4.78, 5) is 6.44. The van der Waals surface area contributed by atoms with Crippen molar-refractivity contribution >= 4 is 17.3 Å². The van der Waals surface area contributed by atoms with Crippen molar-refractivity contribution in [2.24, 2.45) is 0 Å². The molecule has 1 aromatic carbocycles. The highest BCUT2D eigenvalue weighted by molar-refractivity contribution is 6.31. The molecular weight excluding hydrogens is 282 g/mol. The smallest absolute Gasteiger partial charge is 0.0598 e. The van der Waals surface area contributed by atoms with E-state index in [0.717, 1.165) is 29.4 Å². The van der Waals surface area contributed by atoms with Crippen LogP contribution >= 0.6 is 11.6 Å². The van der Waals surface area contributed by atoms with Crippen LogP contribution in [-0.2, 0) is 13.1 Å². The van der Waals surface area contributed by atoms with Crippen LogP contribution in [0, 0.1) is 0 Å². The summed E-state index contributed by atoms with van der Waals surface area (Å²) in [6.45, 7) is 5.89. The number of pyridine rings is 1. The molecule has 0 saturated carbocycles. The van der Waals surface area contributed by atoms with Gasteiger partial charge < -0.3 is 10.2 Å². The van der Waals surface area contributed by atoms with Crippen molar-refractivity contribution in [1.82, 2.24) is 10.3 Å². The molecule has 0 radical (unpaired) electrons. The second-order valence-electron chi connectivity index (χ2n) is 5.49. The highest BCUT2D eigenvalue weighted by Crippen LogP contribution is 2.23. The fourth-order valence-electron chi connectivity index (χ4n) is 2.19. The first-order valence-corrected chi connectivity index (χ1v) is 7.56. The van der Waals surface area contributed by atoms with Crippen molar-refractivity contribution < 1.29 is 0 Å². The van der Waals surface area contributed by atoms with Crippen molar-refractivity contribution in [3.63, 3.8) is 0 Å². The average Bonchev–Trinajstić information content (AvgIpc) is 2.47. The molecule has 0 aliphatic heterocycles. The molecule has 112 valence electrons. The summed E-state index contributed by atoms with van der Waals surface area (Å²) in [7, 11) is 2.07. The molecule has 2 aromatic rings. The number of hydrogen-bond acceptors (Lipinski definition) is 3. The highest BCUT2D eigenvalue weighted by atomic mass is 35.5. The first-order chi connectivity index (χ1) is 10.1. The Balaban J connectivity index is 2.15. The van der Waals surface area contributed by atoms with Crippen LogP contribution in [0.3, 0.4) is 0 Å². The van der Waals surface area contributed by atoms with Gasteiger partial charge in [0.25, 0.3) is 0 Å². The van der Waals surface area contributed by atoms with Crippen LogP contribution < -0.4 is 10.2 Å². The van der Waals surface area contributed by atoms with E-state index in [2.05, 4.69) is 48.2 Å². The molecule has 1 N–H and O–H groups in total. The molecule has 1 heterocycles. The standard InChI is InChI=1S/C17H22ClN3/c1-13(2)20-10-14-8-9-19-11-17(14)21(3)12-15-6-4-5-7-16(15)18/h4-9,11,13,20H,10,12H2,1-3H3. The molecule has 4 heteroatoms. The maximum absolute atomic E-state index is 6.24. The first-order valence-electron chi connectivity index (χ1n) is 7.18. The largest absolute Gasteiger partial charge is 0.369 e. The van der Waals surface area contributed by atoms with E-state index in [9.17, 15) is 0 Å². The van der Waals surface area contributed by atoms with Crippen LogP contribution in [0.4, 0.5) is 5.69 Å². The van der Waals surface area contributed by atoms with Gasteiger partial charge in [0.1, 0.15) is 0 Å². The second kappa shape index (κ2) is 7.43. The fourth-order valence-corrected chi connectivity index (χ4v) is 2.39. The van der Waals surface area contributed by atoms with Gasteiger partial charge in [0.05, 0.1) is 11.9 Å². The van der Waals surface area contributed by atoms with Crippen LogP contribution in [0.25, 0.3) is 0 Å². The summed E-state index contributed by atoms with van der Waals surface area (Å²) >= 11 is 6.24. The summed E-state index contributed by atoms with van der Waals surface area (Å²) in [5, 5.41) is 4.25. The van der Waals surface area contributed by atoms with Crippen molar-refractivity contribution in [3.05, 3.63) is 58.9 Å². The Morgan fingerprint density at radius 2 is 1.95 bits per heavy atom.